The second kappa shape index (κ2) is 6.40. The number of rotatable bonds is 4. The predicted octanol–water partition coefficient (Wildman–Crippen LogP) is 3.88. The molecule has 0 unspecified atom stereocenters. The summed E-state index contributed by atoms with van der Waals surface area (Å²) in [4.78, 5) is 20.1. The van der Waals surface area contributed by atoms with E-state index in [1.165, 1.54) is 5.56 Å². The van der Waals surface area contributed by atoms with Gasteiger partial charge in [-0.05, 0) is 41.0 Å². The zero-order chi connectivity index (χ0) is 17.2. The van der Waals surface area contributed by atoms with Gasteiger partial charge in [-0.3, -0.25) is 4.79 Å². The molecule has 4 heteroatoms. The Labute approximate surface area is 145 Å². The number of amides is 1. The third-order valence-electron chi connectivity index (χ3n) is 4.37. The SMILES string of the molecule is Cc1ccc2nc(CNC(=O)Cc3cccc4ccccc34)[nH]c2c1. The first kappa shape index (κ1) is 15.4. The number of carbonyl (C=O) groups is 1. The van der Waals surface area contributed by atoms with Crippen molar-refractivity contribution in [1.29, 1.82) is 0 Å². The van der Waals surface area contributed by atoms with E-state index in [0.29, 0.717) is 13.0 Å². The Morgan fingerprint density at radius 2 is 1.92 bits per heavy atom. The molecular weight excluding hydrogens is 310 g/mol. The van der Waals surface area contributed by atoms with Crippen molar-refractivity contribution in [3.8, 4) is 0 Å². The highest BCUT2D eigenvalue weighted by molar-refractivity contribution is 5.90. The standard InChI is InChI=1S/C21H19N3O/c1-14-9-10-18-19(11-14)24-20(23-18)13-22-21(25)12-16-7-4-6-15-5-2-3-8-17(15)16/h2-11H,12-13H2,1H3,(H,22,25)(H,23,24). The van der Waals surface area contributed by atoms with Gasteiger partial charge in [0.1, 0.15) is 5.82 Å². The van der Waals surface area contributed by atoms with Crippen LogP contribution in [0, 0.1) is 6.92 Å². The van der Waals surface area contributed by atoms with Gasteiger partial charge in [0.15, 0.2) is 0 Å². The first-order chi connectivity index (χ1) is 12.2. The molecule has 0 aliphatic rings. The van der Waals surface area contributed by atoms with Crippen LogP contribution in [0.15, 0.2) is 60.7 Å². The first-order valence-corrected chi connectivity index (χ1v) is 8.37. The molecular formula is C21H19N3O. The number of H-pyrrole nitrogens is 1. The molecule has 4 aromatic rings. The van der Waals surface area contributed by atoms with Crippen LogP contribution in [0.5, 0.6) is 0 Å². The van der Waals surface area contributed by atoms with Crippen LogP contribution < -0.4 is 5.32 Å². The Balaban J connectivity index is 1.46. The molecule has 1 amide bonds. The Morgan fingerprint density at radius 3 is 2.84 bits per heavy atom. The smallest absolute Gasteiger partial charge is 0.224 e. The fraction of sp³-hybridized carbons (Fsp3) is 0.143. The second-order valence-corrected chi connectivity index (χ2v) is 6.30. The van der Waals surface area contributed by atoms with Gasteiger partial charge in [0, 0.05) is 0 Å². The molecule has 0 fully saturated rings. The van der Waals surface area contributed by atoms with E-state index in [1.807, 2.05) is 43.3 Å². The maximum atomic E-state index is 12.3. The zero-order valence-corrected chi connectivity index (χ0v) is 14.0. The molecule has 4 rings (SSSR count). The average molecular weight is 329 g/mol. The summed E-state index contributed by atoms with van der Waals surface area (Å²) >= 11 is 0. The van der Waals surface area contributed by atoms with Gasteiger partial charge < -0.3 is 10.3 Å². The van der Waals surface area contributed by atoms with Gasteiger partial charge >= 0.3 is 0 Å². The third kappa shape index (κ3) is 3.24. The summed E-state index contributed by atoms with van der Waals surface area (Å²) in [5.74, 6) is 0.764. The zero-order valence-electron chi connectivity index (χ0n) is 14.0. The number of hydrogen-bond donors (Lipinski definition) is 2. The van der Waals surface area contributed by atoms with E-state index in [-0.39, 0.29) is 5.91 Å². The number of aromatic nitrogens is 2. The lowest BCUT2D eigenvalue weighted by Gasteiger charge is -2.07. The number of aromatic amines is 1. The number of benzene rings is 3. The average Bonchev–Trinajstić information content (AvgIpc) is 3.02. The monoisotopic (exact) mass is 329 g/mol. The number of nitrogens with zero attached hydrogens (tertiary/aromatic N) is 1. The van der Waals surface area contributed by atoms with Gasteiger partial charge in [0.25, 0.3) is 0 Å². The van der Waals surface area contributed by atoms with Crippen LogP contribution >= 0.6 is 0 Å². The van der Waals surface area contributed by atoms with E-state index >= 15 is 0 Å². The number of imidazole rings is 1. The van der Waals surface area contributed by atoms with E-state index in [2.05, 4.69) is 39.6 Å². The predicted molar refractivity (Wildman–Crippen MR) is 100 cm³/mol. The molecule has 1 aromatic heterocycles. The van der Waals surface area contributed by atoms with Crippen molar-refractivity contribution in [3.63, 3.8) is 0 Å². The Hall–Kier alpha value is -3.14. The van der Waals surface area contributed by atoms with Gasteiger partial charge in [-0.1, -0.05) is 48.5 Å². The summed E-state index contributed by atoms with van der Waals surface area (Å²) < 4.78 is 0. The summed E-state index contributed by atoms with van der Waals surface area (Å²) in [5, 5.41) is 5.23. The summed E-state index contributed by atoms with van der Waals surface area (Å²) in [6.07, 6.45) is 0.362. The lowest BCUT2D eigenvalue weighted by molar-refractivity contribution is -0.120. The molecule has 0 aliphatic heterocycles. The van der Waals surface area contributed by atoms with Gasteiger partial charge in [0.2, 0.25) is 5.91 Å². The van der Waals surface area contributed by atoms with Crippen molar-refractivity contribution in [3.05, 3.63) is 77.6 Å². The van der Waals surface area contributed by atoms with Crippen LogP contribution in [-0.4, -0.2) is 15.9 Å². The van der Waals surface area contributed by atoms with E-state index in [1.54, 1.807) is 0 Å². The molecule has 0 aliphatic carbocycles. The normalized spacial score (nSPS) is 11.1. The quantitative estimate of drug-likeness (QED) is 0.597. The fourth-order valence-corrected chi connectivity index (χ4v) is 3.12. The summed E-state index contributed by atoms with van der Waals surface area (Å²) in [5.41, 5.74) is 4.14. The lowest BCUT2D eigenvalue weighted by atomic mass is 10.0. The highest BCUT2D eigenvalue weighted by atomic mass is 16.1. The summed E-state index contributed by atoms with van der Waals surface area (Å²) in [7, 11) is 0. The topological polar surface area (TPSA) is 57.8 Å². The maximum absolute atomic E-state index is 12.3. The Bertz CT molecular complexity index is 1060. The van der Waals surface area contributed by atoms with Gasteiger partial charge in [0.05, 0.1) is 24.0 Å². The largest absolute Gasteiger partial charge is 0.349 e. The van der Waals surface area contributed by atoms with Gasteiger partial charge in [-0.2, -0.15) is 0 Å². The van der Waals surface area contributed by atoms with Crippen LogP contribution in [0.2, 0.25) is 0 Å². The summed E-state index contributed by atoms with van der Waals surface area (Å²) in [6.45, 7) is 2.45. The molecule has 0 radical (unpaired) electrons. The molecule has 2 N–H and O–H groups in total. The molecule has 0 saturated heterocycles. The molecule has 4 nitrogen and oxygen atoms in total. The van der Waals surface area contributed by atoms with Crippen LogP contribution in [-0.2, 0) is 17.8 Å². The van der Waals surface area contributed by atoms with Crippen molar-refractivity contribution in [2.24, 2.45) is 0 Å². The fourth-order valence-electron chi connectivity index (χ4n) is 3.12. The van der Waals surface area contributed by atoms with Crippen molar-refractivity contribution >= 4 is 27.7 Å². The molecule has 0 saturated carbocycles. The highest BCUT2D eigenvalue weighted by Gasteiger charge is 2.08. The number of hydrogen-bond acceptors (Lipinski definition) is 2. The Morgan fingerprint density at radius 1 is 1.08 bits per heavy atom. The molecule has 1 heterocycles. The minimum Gasteiger partial charge on any atom is -0.349 e. The molecule has 0 atom stereocenters. The van der Waals surface area contributed by atoms with E-state index in [0.717, 1.165) is 33.2 Å². The number of aryl methyl sites for hydroxylation is 1. The van der Waals surface area contributed by atoms with Crippen LogP contribution in [0.1, 0.15) is 17.0 Å². The highest BCUT2D eigenvalue weighted by Crippen LogP contribution is 2.19. The van der Waals surface area contributed by atoms with Crippen molar-refractivity contribution in [2.75, 3.05) is 0 Å². The number of nitrogens with one attached hydrogen (secondary N) is 2. The van der Waals surface area contributed by atoms with Crippen molar-refractivity contribution < 1.29 is 4.79 Å². The summed E-state index contributed by atoms with van der Waals surface area (Å²) in [6, 6.07) is 20.3. The van der Waals surface area contributed by atoms with Crippen molar-refractivity contribution in [1.82, 2.24) is 15.3 Å². The first-order valence-electron chi connectivity index (χ1n) is 8.37. The Kier molecular flexibility index (Phi) is 3.94. The minimum absolute atomic E-state index is 0.00649. The molecule has 25 heavy (non-hydrogen) atoms. The number of carbonyl (C=O) groups excluding carboxylic acids is 1. The minimum atomic E-state index is -0.00649. The number of fused-ring (bicyclic) bond motifs is 2. The molecule has 3 aromatic carbocycles. The van der Waals surface area contributed by atoms with Gasteiger partial charge in [-0.15, -0.1) is 0 Å². The van der Waals surface area contributed by atoms with E-state index < -0.39 is 0 Å². The van der Waals surface area contributed by atoms with Crippen LogP contribution in [0.25, 0.3) is 21.8 Å². The molecule has 124 valence electrons. The maximum Gasteiger partial charge on any atom is 0.224 e. The third-order valence-corrected chi connectivity index (χ3v) is 4.37. The molecule has 0 spiro atoms. The van der Waals surface area contributed by atoms with Gasteiger partial charge in [-0.25, -0.2) is 4.98 Å². The van der Waals surface area contributed by atoms with E-state index in [9.17, 15) is 4.79 Å². The lowest BCUT2D eigenvalue weighted by Crippen LogP contribution is -2.25. The molecule has 0 bridgehead atoms. The van der Waals surface area contributed by atoms with E-state index in [4.69, 9.17) is 0 Å². The second-order valence-electron chi connectivity index (χ2n) is 6.30. The van der Waals surface area contributed by atoms with Crippen LogP contribution in [0.4, 0.5) is 0 Å². The van der Waals surface area contributed by atoms with Crippen LogP contribution in [0.3, 0.4) is 0 Å². The van der Waals surface area contributed by atoms with Crippen molar-refractivity contribution in [2.45, 2.75) is 19.9 Å².